The zero-order valence-corrected chi connectivity index (χ0v) is 28.3. The number of benzene rings is 4. The van der Waals surface area contributed by atoms with Gasteiger partial charge in [0.25, 0.3) is 0 Å². The van der Waals surface area contributed by atoms with Crippen LogP contribution in [0.25, 0.3) is 16.8 Å². The molecule has 13 heteroatoms. The SMILES string of the molecule is CCOC(=O)CNC(=O)NCc1ccccc1-c1ccc(C2OC(CSc3nnnn3-c3ccccc3)CC(c3ccc(CO)cc3)O2)cc1. The Kier molecular flexibility index (Phi) is 11.8. The monoisotopic (exact) mass is 694 g/mol. The lowest BCUT2D eigenvalue weighted by Crippen LogP contribution is -2.38. The predicted molar refractivity (Wildman–Crippen MR) is 187 cm³/mol. The molecule has 12 nitrogen and oxygen atoms in total. The third kappa shape index (κ3) is 8.93. The lowest BCUT2D eigenvalue weighted by Gasteiger charge is -2.36. The van der Waals surface area contributed by atoms with E-state index in [2.05, 4.69) is 26.2 Å². The lowest BCUT2D eigenvalue weighted by molar-refractivity contribution is -0.245. The van der Waals surface area contributed by atoms with Gasteiger partial charge in [-0.15, -0.1) is 5.10 Å². The van der Waals surface area contributed by atoms with E-state index in [1.54, 1.807) is 11.6 Å². The van der Waals surface area contributed by atoms with Crippen molar-refractivity contribution in [3.05, 3.63) is 125 Å². The number of aliphatic hydroxyl groups is 1. The topological polar surface area (TPSA) is 150 Å². The number of para-hydroxylation sites is 1. The Labute approximate surface area is 294 Å². The summed E-state index contributed by atoms with van der Waals surface area (Å²) in [5.74, 6) is 0.110. The summed E-state index contributed by atoms with van der Waals surface area (Å²) in [5.41, 5.74) is 6.42. The summed E-state index contributed by atoms with van der Waals surface area (Å²) >= 11 is 1.53. The molecule has 50 heavy (non-hydrogen) atoms. The largest absolute Gasteiger partial charge is 0.465 e. The second-order valence-corrected chi connectivity index (χ2v) is 12.5. The number of rotatable bonds is 13. The molecule has 0 aliphatic carbocycles. The second-order valence-electron chi connectivity index (χ2n) is 11.5. The number of carbonyl (C=O) groups excluding carboxylic acids is 2. The van der Waals surface area contributed by atoms with Crippen LogP contribution in [-0.2, 0) is 32.2 Å². The van der Waals surface area contributed by atoms with Crippen LogP contribution in [0, 0.1) is 0 Å². The first-order valence-corrected chi connectivity index (χ1v) is 17.3. The molecule has 3 N–H and O–H groups in total. The second kappa shape index (κ2) is 17.0. The Morgan fingerprint density at radius 1 is 0.920 bits per heavy atom. The first-order valence-electron chi connectivity index (χ1n) is 16.3. The van der Waals surface area contributed by atoms with Crippen LogP contribution in [0.15, 0.2) is 108 Å². The first-order chi connectivity index (χ1) is 24.5. The fourth-order valence-electron chi connectivity index (χ4n) is 5.57. The Hall–Kier alpha value is -5.08. The molecule has 0 radical (unpaired) electrons. The summed E-state index contributed by atoms with van der Waals surface area (Å²) in [6.45, 7) is 2.01. The van der Waals surface area contributed by atoms with Crippen LogP contribution in [0.4, 0.5) is 4.79 Å². The molecule has 258 valence electrons. The van der Waals surface area contributed by atoms with Gasteiger partial charge in [-0.25, -0.2) is 4.79 Å². The van der Waals surface area contributed by atoms with Crippen LogP contribution in [0.5, 0.6) is 0 Å². The molecular weight excluding hydrogens is 657 g/mol. The van der Waals surface area contributed by atoms with Gasteiger partial charge >= 0.3 is 12.0 Å². The van der Waals surface area contributed by atoms with Crippen molar-refractivity contribution in [1.29, 1.82) is 0 Å². The van der Waals surface area contributed by atoms with Crippen molar-refractivity contribution in [2.45, 2.75) is 50.2 Å². The maximum atomic E-state index is 12.3. The van der Waals surface area contributed by atoms with E-state index in [4.69, 9.17) is 14.2 Å². The van der Waals surface area contributed by atoms with Gasteiger partial charge in [-0.1, -0.05) is 103 Å². The molecule has 3 atom stereocenters. The third-order valence-electron chi connectivity index (χ3n) is 8.10. The van der Waals surface area contributed by atoms with Crippen molar-refractivity contribution < 1.29 is 28.9 Å². The van der Waals surface area contributed by atoms with Crippen molar-refractivity contribution >= 4 is 23.8 Å². The van der Waals surface area contributed by atoms with Crippen LogP contribution in [0.2, 0.25) is 0 Å². The number of nitrogens with zero attached hydrogens (tertiary/aromatic N) is 4. The zero-order valence-electron chi connectivity index (χ0n) is 27.5. The lowest BCUT2D eigenvalue weighted by atomic mass is 9.98. The summed E-state index contributed by atoms with van der Waals surface area (Å²) in [7, 11) is 0. The van der Waals surface area contributed by atoms with Gasteiger partial charge in [0.15, 0.2) is 6.29 Å². The Morgan fingerprint density at radius 2 is 1.66 bits per heavy atom. The predicted octanol–water partition coefficient (Wildman–Crippen LogP) is 5.52. The van der Waals surface area contributed by atoms with Gasteiger partial charge in [0.05, 0.1) is 31.1 Å². The number of esters is 1. The Balaban J connectivity index is 1.16. The molecule has 2 amide bonds. The fourth-order valence-corrected chi connectivity index (χ4v) is 6.48. The van der Waals surface area contributed by atoms with Crippen LogP contribution in [-0.4, -0.2) is 62.3 Å². The summed E-state index contributed by atoms with van der Waals surface area (Å²) in [4.78, 5) is 23.9. The number of aromatic nitrogens is 4. The highest BCUT2D eigenvalue weighted by Gasteiger charge is 2.32. The van der Waals surface area contributed by atoms with Crippen molar-refractivity contribution in [2.75, 3.05) is 18.9 Å². The number of hydrogen-bond acceptors (Lipinski definition) is 10. The minimum absolute atomic E-state index is 0.0266. The molecule has 1 aliphatic heterocycles. The summed E-state index contributed by atoms with van der Waals surface area (Å²) in [6.07, 6.45) is -0.418. The van der Waals surface area contributed by atoms with Gasteiger partial charge in [0, 0.05) is 24.3 Å². The molecular formula is C37H38N6O6S. The van der Waals surface area contributed by atoms with E-state index in [0.717, 1.165) is 39.1 Å². The van der Waals surface area contributed by atoms with Crippen molar-refractivity contribution in [1.82, 2.24) is 30.8 Å². The van der Waals surface area contributed by atoms with Crippen molar-refractivity contribution in [3.8, 4) is 16.8 Å². The number of carbonyl (C=O) groups is 2. The number of hydrogen-bond donors (Lipinski definition) is 3. The Morgan fingerprint density at radius 3 is 2.42 bits per heavy atom. The standard InChI is InChI=1S/C37H38N6O6S/c1-2-47-34(45)22-39-36(46)38-21-29-8-6-7-11-32(29)26-16-18-28(19-17-26)35-48-31(20-33(49-35)27-14-12-25(23-44)13-15-27)24-50-37-40-41-42-43(37)30-9-4-3-5-10-30/h3-19,31,33,35,44H,2,20-24H2,1H3,(H2,38,39,46). The molecule has 1 fully saturated rings. The minimum Gasteiger partial charge on any atom is -0.465 e. The average Bonchev–Trinajstić information content (AvgIpc) is 3.65. The van der Waals surface area contributed by atoms with Gasteiger partial charge in [0.1, 0.15) is 6.54 Å². The van der Waals surface area contributed by atoms with Gasteiger partial charge in [-0.2, -0.15) is 4.68 Å². The van der Waals surface area contributed by atoms with E-state index >= 15 is 0 Å². The maximum absolute atomic E-state index is 12.3. The van der Waals surface area contributed by atoms with Crippen molar-refractivity contribution in [3.63, 3.8) is 0 Å². The third-order valence-corrected chi connectivity index (χ3v) is 9.16. The van der Waals surface area contributed by atoms with Gasteiger partial charge in [-0.05, 0) is 57.3 Å². The van der Waals surface area contributed by atoms with Crippen LogP contribution < -0.4 is 10.6 Å². The van der Waals surface area contributed by atoms with E-state index in [1.807, 2.05) is 103 Å². The number of amides is 2. The molecule has 1 aromatic heterocycles. The maximum Gasteiger partial charge on any atom is 0.325 e. The number of thioether (sulfide) groups is 1. The molecule has 6 rings (SSSR count). The van der Waals surface area contributed by atoms with Crippen LogP contribution in [0.3, 0.4) is 0 Å². The quantitative estimate of drug-likeness (QED) is 0.106. The van der Waals surface area contributed by atoms with E-state index in [0.29, 0.717) is 17.3 Å². The fraction of sp³-hybridized carbons (Fsp3) is 0.270. The molecule has 0 bridgehead atoms. The summed E-state index contributed by atoms with van der Waals surface area (Å²) in [5, 5.41) is 27.9. The van der Waals surface area contributed by atoms with E-state index in [-0.39, 0.29) is 38.5 Å². The van der Waals surface area contributed by atoms with Crippen molar-refractivity contribution in [2.24, 2.45) is 0 Å². The van der Waals surface area contributed by atoms with Gasteiger partial charge in [-0.3, -0.25) is 4.79 Å². The van der Waals surface area contributed by atoms with Crippen LogP contribution in [0.1, 0.15) is 48.0 Å². The number of urea groups is 1. The van der Waals surface area contributed by atoms with Crippen LogP contribution >= 0.6 is 11.8 Å². The molecule has 1 saturated heterocycles. The first kappa shape index (κ1) is 34.8. The summed E-state index contributed by atoms with van der Waals surface area (Å²) < 4.78 is 19.7. The highest BCUT2D eigenvalue weighted by molar-refractivity contribution is 7.99. The van der Waals surface area contributed by atoms with E-state index < -0.39 is 18.3 Å². The molecule has 3 unspecified atom stereocenters. The van der Waals surface area contributed by atoms with E-state index in [1.165, 1.54) is 11.8 Å². The molecule has 5 aromatic rings. The number of aliphatic hydroxyl groups excluding tert-OH is 1. The van der Waals surface area contributed by atoms with Gasteiger partial charge in [0.2, 0.25) is 5.16 Å². The minimum atomic E-state index is -0.629. The highest BCUT2D eigenvalue weighted by Crippen LogP contribution is 2.40. The van der Waals surface area contributed by atoms with Gasteiger partial charge < -0.3 is 30.0 Å². The Bertz CT molecular complexity index is 1850. The molecule has 0 saturated carbocycles. The average molecular weight is 695 g/mol. The normalized spacial score (nSPS) is 17.2. The molecule has 4 aromatic carbocycles. The smallest absolute Gasteiger partial charge is 0.325 e. The highest BCUT2D eigenvalue weighted by atomic mass is 32.2. The molecule has 2 heterocycles. The number of nitrogens with one attached hydrogen (secondary N) is 2. The number of ether oxygens (including phenoxy) is 3. The molecule has 0 spiro atoms. The van der Waals surface area contributed by atoms with E-state index in [9.17, 15) is 14.7 Å². The summed E-state index contributed by atoms with van der Waals surface area (Å²) in [6, 6.07) is 32.9. The molecule has 1 aliphatic rings. The zero-order chi connectivity index (χ0) is 34.7. The number of tetrazole rings is 1.